The zero-order chi connectivity index (χ0) is 34.2. The van der Waals surface area contributed by atoms with Crippen molar-refractivity contribution in [2.45, 2.75) is 0 Å². The predicted molar refractivity (Wildman–Crippen MR) is 214 cm³/mol. The van der Waals surface area contributed by atoms with Gasteiger partial charge in [-0.2, -0.15) is 0 Å². The highest BCUT2D eigenvalue weighted by Crippen LogP contribution is 2.45. The fraction of sp³-hybridized carbons (Fsp3) is 0. The minimum absolute atomic E-state index is 0.839. The van der Waals surface area contributed by atoms with Gasteiger partial charge in [0.1, 0.15) is 33.5 Å². The summed E-state index contributed by atoms with van der Waals surface area (Å²) in [5, 5.41) is 6.52. The summed E-state index contributed by atoms with van der Waals surface area (Å²) in [5.74, 6) is 0. The second-order valence-corrected chi connectivity index (χ2v) is 13.2. The van der Waals surface area contributed by atoms with Crippen LogP contribution in [0.5, 0.6) is 0 Å². The summed E-state index contributed by atoms with van der Waals surface area (Å²) in [4.78, 5) is 2.30. The van der Waals surface area contributed by atoms with Crippen LogP contribution in [0, 0.1) is 0 Å². The number of anilines is 3. The number of rotatable bonds is 5. The molecule has 0 saturated carbocycles. The van der Waals surface area contributed by atoms with Gasteiger partial charge in [0.05, 0.1) is 11.1 Å². The Hall–Kier alpha value is -7.04. The Labute approximate surface area is 298 Å². The van der Waals surface area contributed by atoms with Gasteiger partial charge in [0.2, 0.25) is 0 Å². The smallest absolute Gasteiger partial charge is 0.143 e. The molecule has 0 fully saturated rings. The average molecular weight is 668 g/mol. The Morgan fingerprint density at radius 3 is 1.67 bits per heavy atom. The van der Waals surface area contributed by atoms with Gasteiger partial charge < -0.3 is 18.2 Å². The molecule has 0 amide bonds. The van der Waals surface area contributed by atoms with Crippen LogP contribution in [0.3, 0.4) is 0 Å². The first kappa shape index (κ1) is 28.8. The van der Waals surface area contributed by atoms with E-state index in [4.69, 9.17) is 13.3 Å². The van der Waals surface area contributed by atoms with Crippen molar-refractivity contribution >= 4 is 82.9 Å². The topological polar surface area (TPSA) is 42.7 Å². The van der Waals surface area contributed by atoms with E-state index in [2.05, 4.69) is 169 Å². The standard InChI is InChI=1S/C48H29NO3/c1-3-12-32(13-4-1)49(33-14-5-2-6-15-33)41-21-11-23-44-46(41)39-20-10-18-34(48(39)52-44)30-25-27-43-40(28-30)37-26-24-31(29-45(37)50-43)35-17-9-19-38-36-16-7-8-22-42(36)51-47(35)38/h1-29H. The molecule has 0 N–H and O–H groups in total. The van der Waals surface area contributed by atoms with Crippen molar-refractivity contribution < 1.29 is 13.3 Å². The maximum atomic E-state index is 6.74. The highest BCUT2D eigenvalue weighted by atomic mass is 16.3. The average Bonchev–Trinajstić information content (AvgIpc) is 3.90. The van der Waals surface area contributed by atoms with E-state index >= 15 is 0 Å². The molecule has 52 heavy (non-hydrogen) atoms. The summed E-state index contributed by atoms with van der Waals surface area (Å²) in [7, 11) is 0. The Kier molecular flexibility index (Phi) is 6.22. The van der Waals surface area contributed by atoms with E-state index in [0.717, 1.165) is 105 Å². The molecule has 0 aliphatic carbocycles. The van der Waals surface area contributed by atoms with E-state index in [9.17, 15) is 0 Å². The van der Waals surface area contributed by atoms with Gasteiger partial charge in [0, 0.05) is 49.4 Å². The third kappa shape index (κ3) is 4.34. The molecule has 0 aliphatic heterocycles. The van der Waals surface area contributed by atoms with Crippen LogP contribution in [0.1, 0.15) is 0 Å². The molecule has 8 aromatic carbocycles. The fourth-order valence-electron chi connectivity index (χ4n) is 7.91. The lowest BCUT2D eigenvalue weighted by Crippen LogP contribution is -2.09. The first-order chi connectivity index (χ1) is 25.8. The summed E-state index contributed by atoms with van der Waals surface area (Å²) >= 11 is 0. The second-order valence-electron chi connectivity index (χ2n) is 13.2. The van der Waals surface area contributed by atoms with Gasteiger partial charge in [0.25, 0.3) is 0 Å². The van der Waals surface area contributed by atoms with Crippen LogP contribution in [0.15, 0.2) is 189 Å². The lowest BCUT2D eigenvalue weighted by atomic mass is 9.98. The van der Waals surface area contributed by atoms with Crippen LogP contribution in [0.4, 0.5) is 17.1 Å². The van der Waals surface area contributed by atoms with E-state index in [-0.39, 0.29) is 0 Å². The van der Waals surface area contributed by atoms with Gasteiger partial charge in [-0.05, 0) is 77.9 Å². The van der Waals surface area contributed by atoms with Crippen molar-refractivity contribution in [2.75, 3.05) is 4.90 Å². The zero-order valence-electron chi connectivity index (χ0n) is 27.9. The molecule has 11 rings (SSSR count). The lowest BCUT2D eigenvalue weighted by molar-refractivity contribution is 0.667. The molecular weight excluding hydrogens is 639 g/mol. The number of furan rings is 3. The summed E-state index contributed by atoms with van der Waals surface area (Å²) in [6.45, 7) is 0. The fourth-order valence-corrected chi connectivity index (χ4v) is 7.91. The van der Waals surface area contributed by atoms with Gasteiger partial charge in [-0.1, -0.05) is 109 Å². The van der Waals surface area contributed by atoms with E-state index < -0.39 is 0 Å². The Morgan fingerprint density at radius 1 is 0.327 bits per heavy atom. The molecule has 3 heterocycles. The molecule has 4 heteroatoms. The third-order valence-electron chi connectivity index (χ3n) is 10.3. The summed E-state index contributed by atoms with van der Waals surface area (Å²) in [5.41, 5.74) is 12.6. The Morgan fingerprint density at radius 2 is 0.885 bits per heavy atom. The zero-order valence-corrected chi connectivity index (χ0v) is 27.9. The normalized spacial score (nSPS) is 11.8. The van der Waals surface area contributed by atoms with Crippen molar-refractivity contribution in [1.29, 1.82) is 0 Å². The molecule has 4 nitrogen and oxygen atoms in total. The number of hydrogen-bond acceptors (Lipinski definition) is 4. The van der Waals surface area contributed by atoms with Crippen LogP contribution in [0.25, 0.3) is 88.1 Å². The van der Waals surface area contributed by atoms with Crippen LogP contribution in [-0.4, -0.2) is 0 Å². The SMILES string of the molecule is c1ccc(N(c2ccccc2)c2cccc3oc4c(-c5ccc6oc7cc(-c8cccc9c8oc8ccccc89)ccc7c6c5)cccc4c23)cc1. The summed E-state index contributed by atoms with van der Waals surface area (Å²) in [6, 6.07) is 61.2. The van der Waals surface area contributed by atoms with E-state index in [1.807, 2.05) is 12.1 Å². The van der Waals surface area contributed by atoms with Gasteiger partial charge in [-0.25, -0.2) is 0 Å². The van der Waals surface area contributed by atoms with Crippen LogP contribution in [0.2, 0.25) is 0 Å². The largest absolute Gasteiger partial charge is 0.456 e. The van der Waals surface area contributed by atoms with E-state index in [1.54, 1.807) is 0 Å². The molecule has 3 aromatic heterocycles. The molecular formula is C48H29NO3. The van der Waals surface area contributed by atoms with Crippen molar-refractivity contribution in [3.63, 3.8) is 0 Å². The monoisotopic (exact) mass is 667 g/mol. The molecule has 0 atom stereocenters. The van der Waals surface area contributed by atoms with Crippen molar-refractivity contribution in [3.05, 3.63) is 176 Å². The molecule has 0 radical (unpaired) electrons. The minimum Gasteiger partial charge on any atom is -0.456 e. The minimum atomic E-state index is 0.839. The van der Waals surface area contributed by atoms with E-state index in [0.29, 0.717) is 0 Å². The molecule has 0 unspecified atom stereocenters. The summed E-state index contributed by atoms with van der Waals surface area (Å²) in [6.07, 6.45) is 0. The quantitative estimate of drug-likeness (QED) is 0.183. The molecule has 0 saturated heterocycles. The lowest BCUT2D eigenvalue weighted by Gasteiger charge is -2.26. The van der Waals surface area contributed by atoms with Crippen LogP contribution < -0.4 is 4.90 Å². The predicted octanol–water partition coefficient (Wildman–Crippen LogP) is 14.2. The van der Waals surface area contributed by atoms with Crippen molar-refractivity contribution in [3.8, 4) is 22.3 Å². The second kappa shape index (κ2) is 11.2. The first-order valence-electron chi connectivity index (χ1n) is 17.5. The van der Waals surface area contributed by atoms with E-state index in [1.165, 1.54) is 0 Å². The van der Waals surface area contributed by atoms with Gasteiger partial charge in [-0.15, -0.1) is 0 Å². The van der Waals surface area contributed by atoms with Gasteiger partial charge in [-0.3, -0.25) is 0 Å². The molecule has 11 aromatic rings. The number of fused-ring (bicyclic) bond motifs is 9. The molecule has 0 aliphatic rings. The highest BCUT2D eigenvalue weighted by molar-refractivity contribution is 6.17. The number of para-hydroxylation sites is 5. The number of benzene rings is 8. The van der Waals surface area contributed by atoms with Crippen molar-refractivity contribution in [2.24, 2.45) is 0 Å². The van der Waals surface area contributed by atoms with Crippen LogP contribution >= 0.6 is 0 Å². The van der Waals surface area contributed by atoms with Crippen LogP contribution in [-0.2, 0) is 0 Å². The first-order valence-corrected chi connectivity index (χ1v) is 17.5. The Bertz CT molecular complexity index is 3090. The highest BCUT2D eigenvalue weighted by Gasteiger charge is 2.21. The van der Waals surface area contributed by atoms with Crippen molar-refractivity contribution in [1.82, 2.24) is 0 Å². The third-order valence-corrected chi connectivity index (χ3v) is 10.3. The number of hydrogen-bond donors (Lipinski definition) is 0. The van der Waals surface area contributed by atoms with Gasteiger partial charge >= 0.3 is 0 Å². The molecule has 0 bridgehead atoms. The maximum absolute atomic E-state index is 6.74. The molecule has 244 valence electrons. The Balaban J connectivity index is 1.05. The molecule has 0 spiro atoms. The number of nitrogens with zero attached hydrogens (tertiary/aromatic N) is 1. The maximum Gasteiger partial charge on any atom is 0.143 e. The summed E-state index contributed by atoms with van der Waals surface area (Å²) < 4.78 is 19.6. The van der Waals surface area contributed by atoms with Gasteiger partial charge in [0.15, 0.2) is 0 Å².